The van der Waals surface area contributed by atoms with Crippen molar-refractivity contribution in [3.63, 3.8) is 0 Å². The lowest BCUT2D eigenvalue weighted by Crippen LogP contribution is -2.17. The molecule has 2 unspecified atom stereocenters. The van der Waals surface area contributed by atoms with Gasteiger partial charge in [0.05, 0.1) is 6.10 Å². The van der Waals surface area contributed by atoms with Gasteiger partial charge in [-0.15, -0.1) is 0 Å². The number of ether oxygens (including phenoxy) is 1. The third-order valence-corrected chi connectivity index (χ3v) is 7.88. The average Bonchev–Trinajstić information content (AvgIpc) is 3.02. The molecular weight excluding hydrogens is 404 g/mol. The summed E-state index contributed by atoms with van der Waals surface area (Å²) in [5, 5.41) is 11.0. The molecule has 3 aromatic rings. The highest BCUT2D eigenvalue weighted by Crippen LogP contribution is 2.42. The van der Waals surface area contributed by atoms with Crippen molar-refractivity contribution in [2.24, 2.45) is 11.8 Å². The predicted molar refractivity (Wildman–Crippen MR) is 134 cm³/mol. The number of aryl methyl sites for hydroxylation is 1. The number of hydrogen-bond donors (Lipinski definition) is 1. The van der Waals surface area contributed by atoms with Gasteiger partial charge < -0.3 is 9.84 Å². The van der Waals surface area contributed by atoms with Gasteiger partial charge in [-0.2, -0.15) is 0 Å². The Morgan fingerprint density at radius 2 is 1.48 bits per heavy atom. The van der Waals surface area contributed by atoms with Gasteiger partial charge in [-0.25, -0.2) is 0 Å². The van der Waals surface area contributed by atoms with Crippen LogP contribution in [-0.4, -0.2) is 5.11 Å². The molecule has 2 heteroatoms. The molecule has 1 fully saturated rings. The lowest BCUT2D eigenvalue weighted by atomic mass is 9.74. The molecule has 172 valence electrons. The van der Waals surface area contributed by atoms with Gasteiger partial charge in [0.25, 0.3) is 0 Å². The minimum atomic E-state index is -0.351. The maximum absolute atomic E-state index is 11.0. The standard InChI is InChI=1S/C31H36O2/c32-31-20-25(19-23-11-14-27(15-12-23)26-9-5-2-6-10-26)13-16-28-21-29(17-18-30(28)31)33-22-24-7-3-1-4-8-24/h1-10,17-18,21,23,25,27,31-32H,11-16,19-20,22H2. The van der Waals surface area contributed by atoms with Crippen LogP contribution in [0, 0.1) is 11.8 Å². The van der Waals surface area contributed by atoms with Crippen LogP contribution in [0.15, 0.2) is 78.9 Å². The molecule has 0 radical (unpaired) electrons. The summed E-state index contributed by atoms with van der Waals surface area (Å²) in [5.74, 6) is 3.07. The number of aliphatic hydroxyl groups is 1. The fraction of sp³-hybridized carbons (Fsp3) is 0.419. The molecule has 0 saturated heterocycles. The van der Waals surface area contributed by atoms with Crippen LogP contribution in [0.25, 0.3) is 0 Å². The Kier molecular flexibility index (Phi) is 7.12. The molecule has 5 rings (SSSR count). The summed E-state index contributed by atoms with van der Waals surface area (Å²) in [4.78, 5) is 0. The molecule has 0 aliphatic heterocycles. The van der Waals surface area contributed by atoms with E-state index in [2.05, 4.69) is 54.6 Å². The maximum atomic E-state index is 11.0. The summed E-state index contributed by atoms with van der Waals surface area (Å²) in [6, 6.07) is 27.6. The summed E-state index contributed by atoms with van der Waals surface area (Å²) in [5.41, 5.74) is 5.07. The third-order valence-electron chi connectivity index (χ3n) is 7.88. The zero-order valence-electron chi connectivity index (χ0n) is 19.5. The highest BCUT2D eigenvalue weighted by Gasteiger charge is 2.28. The lowest BCUT2D eigenvalue weighted by Gasteiger charge is -2.31. The smallest absolute Gasteiger partial charge is 0.120 e. The van der Waals surface area contributed by atoms with E-state index in [1.54, 1.807) is 0 Å². The van der Waals surface area contributed by atoms with Crippen LogP contribution in [-0.2, 0) is 13.0 Å². The summed E-state index contributed by atoms with van der Waals surface area (Å²) in [7, 11) is 0. The molecule has 0 amide bonds. The van der Waals surface area contributed by atoms with Crippen molar-refractivity contribution in [2.45, 2.75) is 70.0 Å². The van der Waals surface area contributed by atoms with E-state index < -0.39 is 0 Å². The average molecular weight is 441 g/mol. The van der Waals surface area contributed by atoms with E-state index in [1.807, 2.05) is 24.3 Å². The molecular formula is C31H36O2. The molecule has 0 bridgehead atoms. The Labute approximate surface area is 198 Å². The third kappa shape index (κ3) is 5.68. The fourth-order valence-electron chi connectivity index (χ4n) is 6.02. The second-order valence-corrected chi connectivity index (χ2v) is 10.2. The molecule has 2 atom stereocenters. The zero-order chi connectivity index (χ0) is 22.5. The Hall–Kier alpha value is -2.58. The molecule has 33 heavy (non-hydrogen) atoms. The first-order valence-corrected chi connectivity index (χ1v) is 12.8. The molecule has 3 aromatic carbocycles. The van der Waals surface area contributed by atoms with E-state index in [4.69, 9.17) is 4.74 Å². The van der Waals surface area contributed by atoms with Crippen LogP contribution in [0.3, 0.4) is 0 Å². The molecule has 1 saturated carbocycles. The van der Waals surface area contributed by atoms with Crippen LogP contribution < -0.4 is 4.74 Å². The summed E-state index contributed by atoms with van der Waals surface area (Å²) in [6.07, 6.45) is 9.31. The van der Waals surface area contributed by atoms with Crippen molar-refractivity contribution in [2.75, 3.05) is 0 Å². The molecule has 0 spiro atoms. The minimum Gasteiger partial charge on any atom is -0.489 e. The maximum Gasteiger partial charge on any atom is 0.120 e. The van der Waals surface area contributed by atoms with Crippen LogP contribution in [0.5, 0.6) is 5.75 Å². The second kappa shape index (κ2) is 10.6. The van der Waals surface area contributed by atoms with Gasteiger partial charge in [-0.05, 0) is 104 Å². The van der Waals surface area contributed by atoms with E-state index in [0.29, 0.717) is 12.5 Å². The first-order valence-electron chi connectivity index (χ1n) is 12.8. The van der Waals surface area contributed by atoms with Crippen molar-refractivity contribution >= 4 is 0 Å². The Morgan fingerprint density at radius 1 is 0.758 bits per heavy atom. The molecule has 1 N–H and O–H groups in total. The summed E-state index contributed by atoms with van der Waals surface area (Å²) in [6.45, 7) is 0.580. The Balaban J connectivity index is 1.15. The SMILES string of the molecule is OC1CC(CC2CCC(c3ccccc3)CC2)CCc2cc(OCc3ccccc3)ccc21. The van der Waals surface area contributed by atoms with Gasteiger partial charge in [-0.3, -0.25) is 0 Å². The second-order valence-electron chi connectivity index (χ2n) is 10.2. The largest absolute Gasteiger partial charge is 0.489 e. The van der Waals surface area contributed by atoms with Crippen molar-refractivity contribution in [3.05, 3.63) is 101 Å². The van der Waals surface area contributed by atoms with E-state index in [-0.39, 0.29) is 6.10 Å². The van der Waals surface area contributed by atoms with Crippen molar-refractivity contribution in [1.82, 2.24) is 0 Å². The molecule has 0 heterocycles. The quantitative estimate of drug-likeness (QED) is 0.400. The van der Waals surface area contributed by atoms with Crippen LogP contribution >= 0.6 is 0 Å². The molecule has 2 aliphatic carbocycles. The van der Waals surface area contributed by atoms with Gasteiger partial charge in [0.15, 0.2) is 0 Å². The van der Waals surface area contributed by atoms with Gasteiger partial charge >= 0.3 is 0 Å². The predicted octanol–water partition coefficient (Wildman–Crippen LogP) is 7.62. The summed E-state index contributed by atoms with van der Waals surface area (Å²) >= 11 is 0. The van der Waals surface area contributed by atoms with Gasteiger partial charge in [0, 0.05) is 0 Å². The van der Waals surface area contributed by atoms with E-state index in [1.165, 1.54) is 55.2 Å². The minimum absolute atomic E-state index is 0.351. The highest BCUT2D eigenvalue weighted by atomic mass is 16.5. The Morgan fingerprint density at radius 3 is 2.24 bits per heavy atom. The topological polar surface area (TPSA) is 29.5 Å². The Bertz CT molecular complexity index is 1010. The van der Waals surface area contributed by atoms with E-state index in [9.17, 15) is 5.11 Å². The fourth-order valence-corrected chi connectivity index (χ4v) is 6.02. The first kappa shape index (κ1) is 22.2. The number of hydrogen-bond acceptors (Lipinski definition) is 2. The number of rotatable bonds is 6. The molecule has 2 aliphatic rings. The van der Waals surface area contributed by atoms with Crippen molar-refractivity contribution in [1.29, 1.82) is 0 Å². The van der Waals surface area contributed by atoms with Gasteiger partial charge in [-0.1, -0.05) is 66.7 Å². The molecule has 2 nitrogen and oxygen atoms in total. The van der Waals surface area contributed by atoms with Crippen LogP contribution in [0.1, 0.15) is 79.2 Å². The zero-order valence-corrected chi connectivity index (χ0v) is 19.5. The number of aliphatic hydroxyl groups excluding tert-OH is 1. The van der Waals surface area contributed by atoms with Crippen LogP contribution in [0.2, 0.25) is 0 Å². The van der Waals surface area contributed by atoms with Crippen molar-refractivity contribution < 1.29 is 9.84 Å². The van der Waals surface area contributed by atoms with Crippen molar-refractivity contribution in [3.8, 4) is 5.75 Å². The number of fused-ring (bicyclic) bond motifs is 1. The highest BCUT2D eigenvalue weighted by molar-refractivity contribution is 5.38. The summed E-state index contributed by atoms with van der Waals surface area (Å²) < 4.78 is 6.05. The normalized spacial score (nSPS) is 25.1. The lowest BCUT2D eigenvalue weighted by molar-refractivity contribution is 0.133. The number of benzene rings is 3. The monoisotopic (exact) mass is 440 g/mol. The van der Waals surface area contributed by atoms with E-state index >= 15 is 0 Å². The van der Waals surface area contributed by atoms with Gasteiger partial charge in [0.2, 0.25) is 0 Å². The van der Waals surface area contributed by atoms with Crippen LogP contribution in [0.4, 0.5) is 0 Å². The van der Waals surface area contributed by atoms with E-state index in [0.717, 1.165) is 36.0 Å². The van der Waals surface area contributed by atoms with Gasteiger partial charge in [0.1, 0.15) is 12.4 Å². The molecule has 0 aromatic heterocycles. The first-order chi connectivity index (χ1) is 16.2.